The molecule has 0 bridgehead atoms. The molecule has 0 spiro atoms. The molecular formula is C8H8BrN7O2. The molecule has 0 saturated heterocycles. The van der Waals surface area contributed by atoms with Gasteiger partial charge in [-0.15, -0.1) is 0 Å². The summed E-state index contributed by atoms with van der Waals surface area (Å²) in [6.07, 6.45) is 1.59. The van der Waals surface area contributed by atoms with Gasteiger partial charge in [0.2, 0.25) is 5.95 Å². The van der Waals surface area contributed by atoms with Crippen molar-refractivity contribution < 1.29 is 4.92 Å². The molecule has 0 aliphatic carbocycles. The fourth-order valence-corrected chi connectivity index (χ4v) is 1.61. The van der Waals surface area contributed by atoms with Crippen molar-refractivity contribution in [1.82, 2.24) is 24.7 Å². The molecule has 1 N–H and O–H groups in total. The summed E-state index contributed by atoms with van der Waals surface area (Å²) in [6, 6.07) is 1.70. The number of rotatable bonds is 4. The van der Waals surface area contributed by atoms with Gasteiger partial charge in [-0.25, -0.2) is 9.97 Å². The number of nitrogens with one attached hydrogen (secondary N) is 1. The molecular weight excluding hydrogens is 306 g/mol. The molecule has 18 heavy (non-hydrogen) atoms. The normalized spacial score (nSPS) is 10.3. The highest BCUT2D eigenvalue weighted by molar-refractivity contribution is 9.10. The van der Waals surface area contributed by atoms with Gasteiger partial charge in [0.1, 0.15) is 6.54 Å². The standard InChI is InChI=1S/C8H8BrN7O2/c1-10-7-11-3-2-5(12-7)4-15-6(9)13-8(14-15)16(17)18/h2-3H,4H2,1H3,(H,10,11,12). The van der Waals surface area contributed by atoms with Gasteiger partial charge < -0.3 is 15.4 Å². The lowest BCUT2D eigenvalue weighted by atomic mass is 10.4. The van der Waals surface area contributed by atoms with Gasteiger partial charge in [0.25, 0.3) is 4.73 Å². The monoisotopic (exact) mass is 313 g/mol. The number of aromatic nitrogens is 5. The van der Waals surface area contributed by atoms with Crippen LogP contribution in [0.2, 0.25) is 0 Å². The Balaban J connectivity index is 2.25. The van der Waals surface area contributed by atoms with Crippen LogP contribution in [-0.4, -0.2) is 36.7 Å². The van der Waals surface area contributed by atoms with Crippen LogP contribution >= 0.6 is 15.9 Å². The van der Waals surface area contributed by atoms with E-state index in [4.69, 9.17) is 0 Å². The number of hydrogen-bond acceptors (Lipinski definition) is 7. The molecule has 2 heterocycles. The highest BCUT2D eigenvalue weighted by Crippen LogP contribution is 2.13. The quantitative estimate of drug-likeness (QED) is 0.657. The summed E-state index contributed by atoms with van der Waals surface area (Å²) in [5, 5.41) is 17.1. The highest BCUT2D eigenvalue weighted by atomic mass is 79.9. The maximum atomic E-state index is 10.5. The Labute approximate surface area is 110 Å². The minimum absolute atomic E-state index is 0.263. The van der Waals surface area contributed by atoms with Crippen molar-refractivity contribution in [2.45, 2.75) is 6.54 Å². The molecule has 0 aromatic carbocycles. The van der Waals surface area contributed by atoms with E-state index in [1.807, 2.05) is 0 Å². The van der Waals surface area contributed by atoms with Crippen LogP contribution in [-0.2, 0) is 6.54 Å². The van der Waals surface area contributed by atoms with E-state index < -0.39 is 10.9 Å². The lowest BCUT2D eigenvalue weighted by Crippen LogP contribution is -2.06. The average Bonchev–Trinajstić information content (AvgIpc) is 2.71. The molecule has 0 unspecified atom stereocenters. The Bertz CT molecular complexity index is 585. The van der Waals surface area contributed by atoms with Gasteiger partial charge in [-0.1, -0.05) is 0 Å². The van der Waals surface area contributed by atoms with E-state index in [0.29, 0.717) is 11.6 Å². The van der Waals surface area contributed by atoms with Crippen LogP contribution in [0.5, 0.6) is 0 Å². The number of nitrogens with zero attached hydrogens (tertiary/aromatic N) is 6. The molecule has 0 aliphatic heterocycles. The summed E-state index contributed by atoms with van der Waals surface area (Å²) in [6.45, 7) is 0.263. The van der Waals surface area contributed by atoms with Crippen LogP contribution in [0.25, 0.3) is 0 Å². The number of halogens is 1. The number of anilines is 1. The van der Waals surface area contributed by atoms with Crippen LogP contribution < -0.4 is 5.32 Å². The summed E-state index contributed by atoms with van der Waals surface area (Å²) in [4.78, 5) is 21.7. The summed E-state index contributed by atoms with van der Waals surface area (Å²) in [5.41, 5.74) is 0.662. The third-order valence-corrected chi connectivity index (χ3v) is 2.61. The van der Waals surface area contributed by atoms with Gasteiger partial charge in [0.15, 0.2) is 0 Å². The maximum Gasteiger partial charge on any atom is 0.492 e. The molecule has 0 radical (unpaired) electrons. The summed E-state index contributed by atoms with van der Waals surface area (Å²) in [7, 11) is 1.70. The van der Waals surface area contributed by atoms with Crippen LogP contribution in [0.1, 0.15) is 5.69 Å². The van der Waals surface area contributed by atoms with Crippen molar-refractivity contribution in [3.8, 4) is 0 Å². The highest BCUT2D eigenvalue weighted by Gasteiger charge is 2.19. The first-order valence-electron chi connectivity index (χ1n) is 4.84. The molecule has 0 saturated carbocycles. The first kappa shape index (κ1) is 12.4. The topological polar surface area (TPSA) is 112 Å². The lowest BCUT2D eigenvalue weighted by molar-refractivity contribution is -0.394. The fraction of sp³-hybridized carbons (Fsp3) is 0.250. The molecule has 2 aromatic heterocycles. The van der Waals surface area contributed by atoms with E-state index in [1.165, 1.54) is 4.68 Å². The summed E-state index contributed by atoms with van der Waals surface area (Å²) >= 11 is 3.10. The molecule has 0 fully saturated rings. The summed E-state index contributed by atoms with van der Waals surface area (Å²) in [5.74, 6) is 0.0167. The second-order valence-electron chi connectivity index (χ2n) is 3.22. The van der Waals surface area contributed by atoms with Crippen molar-refractivity contribution in [1.29, 1.82) is 0 Å². The van der Waals surface area contributed by atoms with Crippen molar-refractivity contribution in [2.24, 2.45) is 0 Å². The van der Waals surface area contributed by atoms with Crippen molar-refractivity contribution in [2.75, 3.05) is 12.4 Å². The molecule has 2 aromatic rings. The van der Waals surface area contributed by atoms with E-state index >= 15 is 0 Å². The van der Waals surface area contributed by atoms with Crippen LogP contribution in [0.15, 0.2) is 17.0 Å². The molecule has 0 aliphatic rings. The van der Waals surface area contributed by atoms with Crippen LogP contribution in [0, 0.1) is 10.1 Å². The van der Waals surface area contributed by atoms with Gasteiger partial charge in [0, 0.05) is 34.3 Å². The van der Waals surface area contributed by atoms with Gasteiger partial charge in [-0.2, -0.15) is 4.68 Å². The Hall–Kier alpha value is -2.10. The second-order valence-corrected chi connectivity index (χ2v) is 3.93. The SMILES string of the molecule is CNc1nccc(Cn2nc([N+](=O)[O-])nc2Br)n1. The lowest BCUT2D eigenvalue weighted by Gasteiger charge is -2.01. The van der Waals surface area contributed by atoms with Crippen LogP contribution in [0.4, 0.5) is 11.9 Å². The van der Waals surface area contributed by atoms with Gasteiger partial charge in [-0.3, -0.25) is 0 Å². The molecule has 9 nitrogen and oxygen atoms in total. The smallest absolute Gasteiger partial charge is 0.390 e. The van der Waals surface area contributed by atoms with Crippen molar-refractivity contribution >= 4 is 27.8 Å². The Kier molecular flexibility index (Phi) is 3.46. The predicted octanol–water partition coefficient (Wildman–Crippen LogP) is 0.829. The Morgan fingerprint density at radius 3 is 2.94 bits per heavy atom. The van der Waals surface area contributed by atoms with Crippen molar-refractivity contribution in [3.63, 3.8) is 0 Å². The maximum absolute atomic E-state index is 10.5. The van der Waals surface area contributed by atoms with E-state index in [0.717, 1.165) is 0 Å². The Morgan fingerprint density at radius 2 is 2.33 bits per heavy atom. The third kappa shape index (κ3) is 2.59. The number of hydrogen-bond donors (Lipinski definition) is 1. The second kappa shape index (κ2) is 5.04. The van der Waals surface area contributed by atoms with E-state index in [9.17, 15) is 10.1 Å². The summed E-state index contributed by atoms with van der Waals surface area (Å²) < 4.78 is 1.62. The molecule has 2 rings (SSSR count). The number of nitro groups is 1. The van der Waals surface area contributed by atoms with Crippen molar-refractivity contribution in [3.05, 3.63) is 32.8 Å². The molecule has 0 amide bonds. The van der Waals surface area contributed by atoms with Gasteiger partial charge in [-0.05, 0) is 16.0 Å². The molecule has 94 valence electrons. The largest absolute Gasteiger partial charge is 0.492 e. The predicted molar refractivity (Wildman–Crippen MR) is 65.1 cm³/mol. The molecule has 0 atom stereocenters. The Morgan fingerprint density at radius 1 is 1.56 bits per heavy atom. The third-order valence-electron chi connectivity index (χ3n) is 2.03. The first-order chi connectivity index (χ1) is 8.60. The van der Waals surface area contributed by atoms with Crippen LogP contribution in [0.3, 0.4) is 0 Å². The van der Waals surface area contributed by atoms with E-state index in [-0.39, 0.29) is 11.3 Å². The fourth-order valence-electron chi connectivity index (χ4n) is 1.25. The zero-order valence-electron chi connectivity index (χ0n) is 9.24. The van der Waals surface area contributed by atoms with Gasteiger partial charge >= 0.3 is 5.95 Å². The zero-order chi connectivity index (χ0) is 13.1. The first-order valence-corrected chi connectivity index (χ1v) is 5.64. The van der Waals surface area contributed by atoms with E-state index in [2.05, 4.69) is 41.3 Å². The average molecular weight is 314 g/mol. The minimum Gasteiger partial charge on any atom is -0.390 e. The minimum atomic E-state index is -0.653. The van der Waals surface area contributed by atoms with Gasteiger partial charge in [0.05, 0.1) is 5.69 Å². The zero-order valence-corrected chi connectivity index (χ0v) is 10.8. The van der Waals surface area contributed by atoms with E-state index in [1.54, 1.807) is 19.3 Å². The molecule has 10 heteroatoms.